The number of nitrogen functional groups attached to an aromatic ring is 1. The van der Waals surface area contributed by atoms with Gasteiger partial charge in [0.2, 0.25) is 5.82 Å². The first kappa shape index (κ1) is 12.8. The van der Waals surface area contributed by atoms with E-state index >= 15 is 0 Å². The maximum absolute atomic E-state index is 10.4. The van der Waals surface area contributed by atoms with E-state index in [4.69, 9.17) is 10.8 Å². The Hall–Kier alpha value is -1.18. The van der Waals surface area contributed by atoms with Gasteiger partial charge in [-0.1, -0.05) is 0 Å². The van der Waals surface area contributed by atoms with Gasteiger partial charge in [-0.2, -0.15) is 0 Å². The zero-order valence-electron chi connectivity index (χ0n) is 7.30. The Morgan fingerprint density at radius 3 is 2.64 bits per heavy atom. The number of carboxylic acid groups (broad SMARTS) is 1. The van der Waals surface area contributed by atoms with Crippen LogP contribution in [-0.2, 0) is 0 Å². The normalized spacial score (nSPS) is 8.86. The van der Waals surface area contributed by atoms with Crippen molar-refractivity contribution in [2.24, 2.45) is 0 Å². The van der Waals surface area contributed by atoms with Crippen molar-refractivity contribution in [3.8, 4) is 0 Å². The van der Waals surface area contributed by atoms with Gasteiger partial charge in [-0.05, 0) is 0 Å². The molecule has 0 atom stereocenters. The van der Waals surface area contributed by atoms with E-state index in [1.165, 1.54) is 0 Å². The zero-order chi connectivity index (χ0) is 10.0. The molecule has 0 spiro atoms. The van der Waals surface area contributed by atoms with E-state index in [0.717, 1.165) is 12.3 Å². The summed E-state index contributed by atoms with van der Waals surface area (Å²) in [5.41, 5.74) is 4.38. The third-order valence-corrected chi connectivity index (χ3v) is 1.34. The van der Waals surface area contributed by atoms with E-state index in [1.54, 1.807) is 0 Å². The Morgan fingerprint density at radius 2 is 2.21 bits per heavy atom. The number of carboxylic acids is 1. The molecule has 0 unspecified atom stereocenters. The van der Waals surface area contributed by atoms with Crippen LogP contribution in [-0.4, -0.2) is 21.0 Å². The van der Waals surface area contributed by atoms with Crippen LogP contribution in [0.25, 0.3) is 0 Å². The summed E-state index contributed by atoms with van der Waals surface area (Å²) in [7, 11) is 0. The van der Waals surface area contributed by atoms with Gasteiger partial charge in [0.05, 0.1) is 10.5 Å². The van der Waals surface area contributed by atoms with Crippen molar-refractivity contribution >= 4 is 17.5 Å². The van der Waals surface area contributed by atoms with Crippen LogP contribution in [0.1, 0.15) is 10.4 Å². The maximum atomic E-state index is 10.4. The minimum absolute atomic E-state index is 0. The monoisotopic (exact) mass is 206 g/mol. The molecule has 0 saturated carbocycles. The van der Waals surface area contributed by atoms with E-state index in [9.17, 15) is 14.9 Å². The fourth-order valence-electron chi connectivity index (χ4n) is 0.727. The Labute approximate surface area is 100 Å². The van der Waals surface area contributed by atoms with Crippen LogP contribution >= 0.6 is 0 Å². The number of rotatable bonds is 2. The quantitative estimate of drug-likeness (QED) is 0.308. The zero-order valence-corrected chi connectivity index (χ0v) is 9.30. The molecular weight excluding hydrogens is 201 g/mol. The van der Waals surface area contributed by atoms with Crippen LogP contribution in [0.5, 0.6) is 0 Å². The number of nitrogens with two attached hydrogens (primary N) is 1. The molecule has 0 saturated heterocycles. The molecule has 0 aliphatic carbocycles. The summed E-state index contributed by atoms with van der Waals surface area (Å²) in [4.78, 5) is 23.3. The number of aromatic carboxylic acids is 1. The molecule has 1 aromatic heterocycles. The topological polar surface area (TPSA) is 119 Å². The molecule has 1 aromatic rings. The molecule has 7 nitrogen and oxygen atoms in total. The van der Waals surface area contributed by atoms with Crippen molar-refractivity contribution < 1.29 is 44.4 Å². The molecule has 14 heavy (non-hydrogen) atoms. The van der Waals surface area contributed by atoms with Gasteiger partial charge in [0.1, 0.15) is 0 Å². The van der Waals surface area contributed by atoms with Crippen LogP contribution in [0.3, 0.4) is 0 Å². The van der Waals surface area contributed by atoms with Crippen molar-refractivity contribution in [3.05, 3.63) is 27.9 Å². The maximum Gasteiger partial charge on any atom is 1.00 e. The molecule has 8 heteroatoms. The molecule has 68 valence electrons. The molecular formula is C6H5N3NaO4+. The molecule has 0 bridgehead atoms. The molecule has 3 N–H and O–H groups in total. The van der Waals surface area contributed by atoms with Gasteiger partial charge in [0, 0.05) is 12.3 Å². The van der Waals surface area contributed by atoms with Crippen LogP contribution < -0.4 is 35.3 Å². The largest absolute Gasteiger partial charge is 1.00 e. The number of aromatic nitrogens is 1. The summed E-state index contributed by atoms with van der Waals surface area (Å²) >= 11 is 0. The van der Waals surface area contributed by atoms with E-state index in [-0.39, 0.29) is 40.9 Å². The predicted octanol–water partition coefficient (Wildman–Crippen LogP) is -2.73. The Balaban J connectivity index is 0.00000169. The number of carbonyl (C=O) groups is 1. The summed E-state index contributed by atoms with van der Waals surface area (Å²) in [5, 5.41) is 18.8. The number of pyridine rings is 1. The van der Waals surface area contributed by atoms with Crippen molar-refractivity contribution in [2.45, 2.75) is 0 Å². The number of nitro groups is 1. The van der Waals surface area contributed by atoms with Gasteiger partial charge in [0.15, 0.2) is 0 Å². The molecule has 0 aliphatic rings. The molecule has 0 radical (unpaired) electrons. The van der Waals surface area contributed by atoms with E-state index in [2.05, 4.69) is 4.98 Å². The molecule has 0 amide bonds. The van der Waals surface area contributed by atoms with Crippen molar-refractivity contribution in [2.75, 3.05) is 5.73 Å². The summed E-state index contributed by atoms with van der Waals surface area (Å²) in [6.45, 7) is 0. The smallest absolute Gasteiger partial charge is 0.478 e. The Kier molecular flexibility index (Phi) is 4.48. The number of nitrogens with zero attached hydrogens (tertiary/aromatic N) is 2. The van der Waals surface area contributed by atoms with Gasteiger partial charge < -0.3 is 10.8 Å². The number of hydrogen-bond donors (Lipinski definition) is 2. The molecule has 1 heterocycles. The molecule has 0 aromatic carbocycles. The van der Waals surface area contributed by atoms with Gasteiger partial charge >= 0.3 is 41.2 Å². The minimum atomic E-state index is -1.28. The fraction of sp³-hybridized carbons (Fsp3) is 0. The van der Waals surface area contributed by atoms with Crippen molar-refractivity contribution in [1.82, 2.24) is 4.98 Å². The first-order valence-electron chi connectivity index (χ1n) is 3.15. The second-order valence-corrected chi connectivity index (χ2v) is 2.19. The third-order valence-electron chi connectivity index (χ3n) is 1.34. The number of anilines is 1. The van der Waals surface area contributed by atoms with Gasteiger partial charge in [-0.3, -0.25) is 10.1 Å². The Bertz CT molecular complexity index is 381. The summed E-state index contributed by atoms with van der Waals surface area (Å²) in [6, 6.07) is 0.866. The second-order valence-electron chi connectivity index (χ2n) is 2.19. The van der Waals surface area contributed by atoms with Crippen LogP contribution in [0, 0.1) is 10.1 Å². The first-order valence-corrected chi connectivity index (χ1v) is 3.15. The number of hydrogen-bond acceptors (Lipinski definition) is 5. The van der Waals surface area contributed by atoms with Crippen LogP contribution in [0.2, 0.25) is 0 Å². The third kappa shape index (κ3) is 2.66. The van der Waals surface area contributed by atoms with Crippen molar-refractivity contribution in [3.63, 3.8) is 0 Å². The fourth-order valence-corrected chi connectivity index (χ4v) is 0.727. The summed E-state index contributed by atoms with van der Waals surface area (Å²) in [6.07, 6.45) is 0.963. The predicted molar refractivity (Wildman–Crippen MR) is 42.3 cm³/mol. The molecule has 0 aliphatic heterocycles. The molecule has 0 fully saturated rings. The second kappa shape index (κ2) is 4.89. The van der Waals surface area contributed by atoms with Gasteiger partial charge in [0.25, 0.3) is 0 Å². The molecule has 1 rings (SSSR count). The van der Waals surface area contributed by atoms with E-state index < -0.39 is 16.6 Å². The van der Waals surface area contributed by atoms with Crippen molar-refractivity contribution in [1.29, 1.82) is 0 Å². The average molecular weight is 206 g/mol. The van der Waals surface area contributed by atoms with Crippen LogP contribution in [0.15, 0.2) is 12.3 Å². The first-order chi connectivity index (χ1) is 6.02. The van der Waals surface area contributed by atoms with Gasteiger partial charge in [-0.15, -0.1) is 0 Å². The summed E-state index contributed by atoms with van der Waals surface area (Å²) in [5.74, 6) is -1.58. The average Bonchev–Trinajstić information content (AvgIpc) is 2.04. The van der Waals surface area contributed by atoms with E-state index in [0.29, 0.717) is 0 Å². The SMILES string of the molecule is Nc1ncc(C(=O)O)cc1[N+](=O)[O-].[Na+]. The Morgan fingerprint density at radius 1 is 1.64 bits per heavy atom. The standard InChI is InChI=1S/C6H5N3O4.Na/c7-5-4(9(12)13)1-3(2-8-5)6(10)11;/h1-2H,(H2,7,8)(H,10,11);/q;+1. The van der Waals surface area contributed by atoms with Gasteiger partial charge in [-0.25, -0.2) is 9.78 Å². The minimum Gasteiger partial charge on any atom is -0.478 e. The van der Waals surface area contributed by atoms with Crippen LogP contribution in [0.4, 0.5) is 11.5 Å². The summed E-state index contributed by atoms with van der Waals surface area (Å²) < 4.78 is 0. The van der Waals surface area contributed by atoms with E-state index in [1.807, 2.05) is 0 Å².